The smallest absolute Gasteiger partial charge is 0.263 e. The minimum absolute atomic E-state index is 0.0959. The second-order valence-electron chi connectivity index (χ2n) is 6.73. The largest absolute Gasteiger partial charge is 0.288 e. The summed E-state index contributed by atoms with van der Waals surface area (Å²) in [4.78, 5) is 31.6. The molecule has 3 heterocycles. The molecule has 0 aliphatic heterocycles. The average molecular weight is 348 g/mol. The summed E-state index contributed by atoms with van der Waals surface area (Å²) in [5.74, 6) is 0. The van der Waals surface area contributed by atoms with Gasteiger partial charge in [0.15, 0.2) is 5.43 Å². The maximum Gasteiger partial charge on any atom is 0.263 e. The Labute approximate surface area is 152 Å². The van der Waals surface area contributed by atoms with Crippen molar-refractivity contribution in [1.29, 1.82) is 0 Å². The van der Waals surface area contributed by atoms with Crippen molar-refractivity contribution in [3.63, 3.8) is 0 Å². The summed E-state index contributed by atoms with van der Waals surface area (Å²) in [6.07, 6.45) is 0. The van der Waals surface area contributed by atoms with Crippen LogP contribution in [0.5, 0.6) is 0 Å². The summed E-state index contributed by atoms with van der Waals surface area (Å²) >= 11 is 0. The zero-order chi connectivity index (χ0) is 18.1. The van der Waals surface area contributed by atoms with Crippen molar-refractivity contribution in [3.05, 3.63) is 93.4 Å². The van der Waals surface area contributed by atoms with Crippen LogP contribution in [0.25, 0.3) is 49.0 Å². The lowest BCUT2D eigenvalue weighted by Gasteiger charge is -2.03. The third-order valence-corrected chi connectivity index (χ3v) is 5.32. The van der Waals surface area contributed by atoms with Gasteiger partial charge in [0.2, 0.25) is 0 Å². The zero-order valence-electron chi connectivity index (χ0n) is 14.1. The third-order valence-electron chi connectivity index (χ3n) is 5.32. The highest BCUT2D eigenvalue weighted by molar-refractivity contribution is 6.20. The molecule has 3 aromatic carbocycles. The van der Waals surface area contributed by atoms with Crippen molar-refractivity contribution in [3.8, 4) is 0 Å². The number of para-hydroxylation sites is 2. The van der Waals surface area contributed by atoms with Crippen LogP contribution in [-0.2, 0) is 0 Å². The van der Waals surface area contributed by atoms with Crippen LogP contribution in [0, 0.1) is 0 Å². The molecule has 126 valence electrons. The van der Waals surface area contributed by atoms with E-state index in [1.807, 2.05) is 66.7 Å². The maximum absolute atomic E-state index is 13.5. The lowest BCUT2D eigenvalue weighted by atomic mass is 10.1. The Morgan fingerprint density at radius 3 is 2.11 bits per heavy atom. The number of benzene rings is 3. The molecule has 6 rings (SSSR count). The van der Waals surface area contributed by atoms with Gasteiger partial charge in [-0.1, -0.05) is 48.5 Å². The minimum Gasteiger partial charge on any atom is -0.288 e. The Hall–Kier alpha value is -3.79. The van der Waals surface area contributed by atoms with Gasteiger partial charge in [-0.25, -0.2) is 4.98 Å². The molecule has 0 spiro atoms. The molecule has 0 radical (unpaired) electrons. The Morgan fingerprint density at radius 1 is 0.667 bits per heavy atom. The monoisotopic (exact) mass is 348 g/mol. The summed E-state index contributed by atoms with van der Waals surface area (Å²) in [5, 5.41) is 3.26. The molecule has 0 saturated carbocycles. The molecule has 0 aliphatic carbocycles. The van der Waals surface area contributed by atoms with Crippen molar-refractivity contribution in [1.82, 2.24) is 9.38 Å². The number of rotatable bonds is 0. The number of hydrogen-bond donors (Lipinski definition) is 0. The van der Waals surface area contributed by atoms with Gasteiger partial charge in [0.25, 0.3) is 5.56 Å². The van der Waals surface area contributed by atoms with Gasteiger partial charge in [-0.15, -0.1) is 0 Å². The highest BCUT2D eigenvalue weighted by Crippen LogP contribution is 2.31. The van der Waals surface area contributed by atoms with Crippen molar-refractivity contribution in [2.45, 2.75) is 0 Å². The predicted molar refractivity (Wildman–Crippen MR) is 109 cm³/mol. The summed E-state index contributed by atoms with van der Waals surface area (Å²) in [5.41, 5.74) is 2.42. The second-order valence-corrected chi connectivity index (χ2v) is 6.73. The number of aromatic nitrogens is 2. The molecule has 4 nitrogen and oxygen atoms in total. The third kappa shape index (κ3) is 1.69. The van der Waals surface area contributed by atoms with Crippen LogP contribution < -0.4 is 11.0 Å². The number of fused-ring (bicyclic) bond motifs is 6. The second kappa shape index (κ2) is 4.89. The van der Waals surface area contributed by atoms with Crippen molar-refractivity contribution >= 4 is 49.0 Å². The number of nitrogens with zero attached hydrogens (tertiary/aromatic N) is 2. The summed E-state index contributed by atoms with van der Waals surface area (Å²) < 4.78 is 1.65. The Bertz CT molecular complexity index is 1660. The molecule has 27 heavy (non-hydrogen) atoms. The van der Waals surface area contributed by atoms with Crippen LogP contribution in [-0.4, -0.2) is 9.38 Å². The summed E-state index contributed by atoms with van der Waals surface area (Å²) in [7, 11) is 0. The fourth-order valence-corrected chi connectivity index (χ4v) is 4.16. The molecule has 0 bridgehead atoms. The predicted octanol–water partition coefficient (Wildman–Crippen LogP) is 4.11. The van der Waals surface area contributed by atoms with Gasteiger partial charge >= 0.3 is 0 Å². The fourth-order valence-electron chi connectivity index (χ4n) is 4.16. The molecule has 0 unspecified atom stereocenters. The zero-order valence-corrected chi connectivity index (χ0v) is 14.1. The lowest BCUT2D eigenvalue weighted by Crippen LogP contribution is -2.13. The first-order chi connectivity index (χ1) is 13.3. The normalized spacial score (nSPS) is 12.0. The molecule has 0 N–H and O–H groups in total. The van der Waals surface area contributed by atoms with E-state index in [9.17, 15) is 9.59 Å². The van der Waals surface area contributed by atoms with Gasteiger partial charge in [-0.2, -0.15) is 0 Å². The molecule has 4 heteroatoms. The molecule has 0 fully saturated rings. The highest BCUT2D eigenvalue weighted by atomic mass is 16.1. The number of pyridine rings is 1. The Balaban J connectivity index is 2.19. The molecular weight excluding hydrogens is 336 g/mol. The first kappa shape index (κ1) is 14.4. The molecule has 0 aliphatic rings. The van der Waals surface area contributed by atoms with Crippen LogP contribution in [0.4, 0.5) is 0 Å². The van der Waals surface area contributed by atoms with Crippen LogP contribution in [0.3, 0.4) is 0 Å². The van der Waals surface area contributed by atoms with Gasteiger partial charge in [-0.3, -0.25) is 14.0 Å². The van der Waals surface area contributed by atoms with E-state index in [2.05, 4.69) is 0 Å². The van der Waals surface area contributed by atoms with E-state index in [1.165, 1.54) is 0 Å². The summed E-state index contributed by atoms with van der Waals surface area (Å²) in [6, 6.07) is 22.4. The lowest BCUT2D eigenvalue weighted by molar-refractivity contribution is 1.20. The number of hydrogen-bond acceptors (Lipinski definition) is 3. The van der Waals surface area contributed by atoms with Crippen LogP contribution in [0.2, 0.25) is 0 Å². The molecule has 0 amide bonds. The highest BCUT2D eigenvalue weighted by Gasteiger charge is 2.20. The van der Waals surface area contributed by atoms with Crippen molar-refractivity contribution in [2.24, 2.45) is 0 Å². The van der Waals surface area contributed by atoms with E-state index in [0.717, 1.165) is 16.3 Å². The average Bonchev–Trinajstić information content (AvgIpc) is 3.00. The maximum atomic E-state index is 13.5. The van der Waals surface area contributed by atoms with Gasteiger partial charge < -0.3 is 0 Å². The Morgan fingerprint density at radius 2 is 1.30 bits per heavy atom. The van der Waals surface area contributed by atoms with E-state index in [-0.39, 0.29) is 11.0 Å². The van der Waals surface area contributed by atoms with Crippen molar-refractivity contribution in [2.75, 3.05) is 0 Å². The van der Waals surface area contributed by atoms with Crippen molar-refractivity contribution < 1.29 is 0 Å². The standard InChI is InChI=1S/C23H12N2O2/c26-22-15-9-3-5-11-17(15)24-20-13-7-1-2-8-14(13)23(27)25-18-12-6-4-10-16(18)19(22)21(20)25/h1-12H. The van der Waals surface area contributed by atoms with E-state index in [4.69, 9.17) is 4.98 Å². The Kier molecular flexibility index (Phi) is 2.60. The molecular formula is C23H12N2O2. The SMILES string of the molecule is O=c1c2ccccc2nc2c3ccccc3c(=O)n3c4ccccc4c1c23. The quantitative estimate of drug-likeness (QED) is 0.415. The topological polar surface area (TPSA) is 51.4 Å². The fraction of sp³-hybridized carbons (Fsp3) is 0. The van der Waals surface area contributed by atoms with Crippen LogP contribution in [0.1, 0.15) is 0 Å². The molecule has 3 aromatic heterocycles. The molecule has 6 aromatic rings. The summed E-state index contributed by atoms with van der Waals surface area (Å²) in [6.45, 7) is 0. The van der Waals surface area contributed by atoms with Gasteiger partial charge in [0.1, 0.15) is 0 Å². The van der Waals surface area contributed by atoms with Gasteiger partial charge in [-0.05, 0) is 24.3 Å². The van der Waals surface area contributed by atoms with Crippen LogP contribution in [0.15, 0.2) is 82.4 Å². The van der Waals surface area contributed by atoms with Gasteiger partial charge in [0.05, 0.1) is 27.5 Å². The minimum atomic E-state index is -0.124. The molecule has 0 atom stereocenters. The van der Waals surface area contributed by atoms with Crippen LogP contribution >= 0.6 is 0 Å². The van der Waals surface area contributed by atoms with E-state index in [0.29, 0.717) is 32.7 Å². The first-order valence-electron chi connectivity index (χ1n) is 8.76. The molecule has 0 saturated heterocycles. The van der Waals surface area contributed by atoms with E-state index in [1.54, 1.807) is 10.5 Å². The van der Waals surface area contributed by atoms with Gasteiger partial charge in [0, 0.05) is 21.5 Å². The first-order valence-corrected chi connectivity index (χ1v) is 8.76. The van der Waals surface area contributed by atoms with E-state index < -0.39 is 0 Å². The van der Waals surface area contributed by atoms with E-state index >= 15 is 0 Å².